The molecule has 0 spiro atoms. The van der Waals surface area contributed by atoms with Crippen LogP contribution in [0.5, 0.6) is 0 Å². The summed E-state index contributed by atoms with van der Waals surface area (Å²) in [5.41, 5.74) is 7.15. The molecule has 0 saturated carbocycles. The lowest BCUT2D eigenvalue weighted by molar-refractivity contribution is 0.104. The van der Waals surface area contributed by atoms with Crippen molar-refractivity contribution in [1.82, 2.24) is 20.2 Å². The summed E-state index contributed by atoms with van der Waals surface area (Å²) in [6, 6.07) is 5.28. The van der Waals surface area contributed by atoms with E-state index in [1.54, 1.807) is 23.7 Å². The van der Waals surface area contributed by atoms with Gasteiger partial charge in [-0.1, -0.05) is 16.7 Å². The monoisotopic (exact) mass is 345 g/mol. The standard InChI is InChI=1S/C14H8ClN5O2S/c15-6-1-2-9-7(3-6)8(4-17-9)11(21)13-18-10(5-23-13)12-19-20-14(16)22-12/h1-5,17H,(H2,16,20). The van der Waals surface area contributed by atoms with Crippen molar-refractivity contribution in [2.75, 3.05) is 5.73 Å². The van der Waals surface area contributed by atoms with E-state index in [1.165, 1.54) is 11.3 Å². The molecule has 0 bridgehead atoms. The van der Waals surface area contributed by atoms with Crippen molar-refractivity contribution in [2.24, 2.45) is 0 Å². The Kier molecular flexibility index (Phi) is 3.14. The average molecular weight is 346 g/mol. The van der Waals surface area contributed by atoms with Crippen molar-refractivity contribution < 1.29 is 9.21 Å². The van der Waals surface area contributed by atoms with E-state index in [2.05, 4.69) is 20.2 Å². The van der Waals surface area contributed by atoms with Crippen LogP contribution in [0.15, 0.2) is 34.2 Å². The number of nitrogens with zero attached hydrogens (tertiary/aromatic N) is 3. The predicted molar refractivity (Wildman–Crippen MR) is 86.6 cm³/mol. The maximum absolute atomic E-state index is 12.7. The summed E-state index contributed by atoms with van der Waals surface area (Å²) in [7, 11) is 0. The molecule has 3 heterocycles. The Labute approximate surface area is 138 Å². The van der Waals surface area contributed by atoms with E-state index in [1.807, 2.05) is 6.07 Å². The van der Waals surface area contributed by atoms with Gasteiger partial charge in [0.1, 0.15) is 5.69 Å². The third kappa shape index (κ3) is 2.37. The molecular formula is C14H8ClN5O2S. The van der Waals surface area contributed by atoms with Crippen LogP contribution in [0.3, 0.4) is 0 Å². The number of benzene rings is 1. The number of carbonyl (C=O) groups excluding carboxylic acids is 1. The Morgan fingerprint density at radius 3 is 3.00 bits per heavy atom. The van der Waals surface area contributed by atoms with Crippen LogP contribution in [0, 0.1) is 0 Å². The number of aromatic nitrogens is 4. The molecule has 7 nitrogen and oxygen atoms in total. The SMILES string of the molecule is Nc1nnc(-c2csc(C(=O)c3c[nH]c4ccc(Cl)cc34)n2)o1. The van der Waals surface area contributed by atoms with Crippen molar-refractivity contribution in [1.29, 1.82) is 0 Å². The number of aromatic amines is 1. The van der Waals surface area contributed by atoms with Gasteiger partial charge in [-0.15, -0.1) is 16.4 Å². The number of carbonyl (C=O) groups is 1. The number of nitrogen functional groups attached to an aromatic ring is 1. The molecule has 0 fully saturated rings. The van der Waals surface area contributed by atoms with Gasteiger partial charge in [0.25, 0.3) is 5.89 Å². The predicted octanol–water partition coefficient (Wildman–Crippen LogP) is 3.14. The van der Waals surface area contributed by atoms with Crippen molar-refractivity contribution in [3.05, 3.63) is 45.4 Å². The van der Waals surface area contributed by atoms with Gasteiger partial charge in [-0.2, -0.15) is 0 Å². The van der Waals surface area contributed by atoms with E-state index in [0.29, 0.717) is 21.3 Å². The maximum Gasteiger partial charge on any atom is 0.313 e. The number of hydrogen-bond acceptors (Lipinski definition) is 7. The zero-order chi connectivity index (χ0) is 16.0. The van der Waals surface area contributed by atoms with Crippen molar-refractivity contribution in [2.45, 2.75) is 0 Å². The number of fused-ring (bicyclic) bond motifs is 1. The van der Waals surface area contributed by atoms with Crippen LogP contribution >= 0.6 is 22.9 Å². The quantitative estimate of drug-likeness (QED) is 0.552. The first-order chi connectivity index (χ1) is 11.1. The second-order valence-corrected chi connectivity index (χ2v) is 6.00. The number of ketones is 1. The Morgan fingerprint density at radius 1 is 1.35 bits per heavy atom. The molecule has 4 aromatic rings. The van der Waals surface area contributed by atoms with E-state index in [0.717, 1.165) is 10.9 Å². The fourth-order valence-electron chi connectivity index (χ4n) is 2.21. The second-order valence-electron chi connectivity index (χ2n) is 4.70. The number of H-pyrrole nitrogens is 1. The summed E-state index contributed by atoms with van der Waals surface area (Å²) in [6.07, 6.45) is 1.65. The van der Waals surface area contributed by atoms with E-state index < -0.39 is 0 Å². The highest BCUT2D eigenvalue weighted by atomic mass is 35.5. The van der Waals surface area contributed by atoms with E-state index in [-0.39, 0.29) is 17.7 Å². The van der Waals surface area contributed by atoms with Gasteiger partial charge in [-0.05, 0) is 18.2 Å². The number of rotatable bonds is 3. The summed E-state index contributed by atoms with van der Waals surface area (Å²) in [6.45, 7) is 0. The Balaban J connectivity index is 1.74. The van der Waals surface area contributed by atoms with Crippen LogP contribution in [0.1, 0.15) is 15.4 Å². The van der Waals surface area contributed by atoms with Gasteiger partial charge in [0.2, 0.25) is 5.78 Å². The smallest absolute Gasteiger partial charge is 0.313 e. The molecule has 0 atom stereocenters. The minimum absolute atomic E-state index is 0.0489. The van der Waals surface area contributed by atoms with Crippen molar-refractivity contribution in [3.8, 4) is 11.6 Å². The third-order valence-corrected chi connectivity index (χ3v) is 4.32. The summed E-state index contributed by atoms with van der Waals surface area (Å²) in [5.74, 6) is -0.0259. The van der Waals surface area contributed by atoms with Crippen LogP contribution < -0.4 is 5.73 Å². The minimum Gasteiger partial charge on any atom is -0.402 e. The van der Waals surface area contributed by atoms with Crippen LogP contribution in [0.4, 0.5) is 6.01 Å². The molecule has 0 saturated heterocycles. The summed E-state index contributed by atoms with van der Waals surface area (Å²) in [4.78, 5) is 20.0. The first-order valence-corrected chi connectivity index (χ1v) is 7.74. The van der Waals surface area contributed by atoms with Crippen molar-refractivity contribution >= 4 is 45.6 Å². The maximum atomic E-state index is 12.7. The molecule has 9 heteroatoms. The molecule has 1 aromatic carbocycles. The highest BCUT2D eigenvalue weighted by molar-refractivity contribution is 7.12. The number of hydrogen-bond donors (Lipinski definition) is 2. The first-order valence-electron chi connectivity index (χ1n) is 6.48. The molecule has 0 aliphatic carbocycles. The highest BCUT2D eigenvalue weighted by Gasteiger charge is 2.20. The zero-order valence-electron chi connectivity index (χ0n) is 11.4. The van der Waals surface area contributed by atoms with Gasteiger partial charge in [0.05, 0.1) is 5.56 Å². The largest absolute Gasteiger partial charge is 0.402 e. The van der Waals surface area contributed by atoms with Gasteiger partial charge >= 0.3 is 6.01 Å². The minimum atomic E-state index is -0.206. The van der Waals surface area contributed by atoms with Gasteiger partial charge in [-0.3, -0.25) is 4.79 Å². The molecule has 3 N–H and O–H groups in total. The lowest BCUT2D eigenvalue weighted by Gasteiger charge is -1.96. The van der Waals surface area contributed by atoms with Crippen molar-refractivity contribution in [3.63, 3.8) is 0 Å². The van der Waals surface area contributed by atoms with E-state index in [9.17, 15) is 4.79 Å². The Morgan fingerprint density at radius 2 is 2.22 bits per heavy atom. The number of anilines is 1. The highest BCUT2D eigenvalue weighted by Crippen LogP contribution is 2.27. The summed E-state index contributed by atoms with van der Waals surface area (Å²) < 4.78 is 5.10. The molecule has 114 valence electrons. The first kappa shape index (κ1) is 13.9. The van der Waals surface area contributed by atoms with Crippen LogP contribution in [-0.4, -0.2) is 25.9 Å². The van der Waals surface area contributed by atoms with Gasteiger partial charge in [-0.25, -0.2) is 4.98 Å². The number of nitrogens with two attached hydrogens (primary N) is 1. The summed E-state index contributed by atoms with van der Waals surface area (Å²) >= 11 is 7.20. The van der Waals surface area contributed by atoms with Crippen LogP contribution in [0.2, 0.25) is 5.02 Å². The fourth-order valence-corrected chi connectivity index (χ4v) is 3.13. The van der Waals surface area contributed by atoms with Crippen LogP contribution in [0.25, 0.3) is 22.5 Å². The number of halogens is 1. The molecule has 4 rings (SSSR count). The number of nitrogens with one attached hydrogen (secondary N) is 1. The third-order valence-electron chi connectivity index (χ3n) is 3.25. The molecular weight excluding hydrogens is 338 g/mol. The average Bonchev–Trinajstić information content (AvgIpc) is 3.24. The normalized spacial score (nSPS) is 11.2. The Bertz CT molecular complexity index is 1030. The molecule has 3 aromatic heterocycles. The lowest BCUT2D eigenvalue weighted by atomic mass is 10.1. The van der Waals surface area contributed by atoms with E-state index >= 15 is 0 Å². The fraction of sp³-hybridized carbons (Fsp3) is 0. The molecule has 23 heavy (non-hydrogen) atoms. The molecule has 0 unspecified atom stereocenters. The molecule has 0 radical (unpaired) electrons. The van der Waals surface area contributed by atoms with Crippen LogP contribution in [-0.2, 0) is 0 Å². The lowest BCUT2D eigenvalue weighted by Crippen LogP contribution is -1.99. The summed E-state index contributed by atoms with van der Waals surface area (Å²) in [5, 5.41) is 10.6. The number of thiazole rings is 1. The van der Waals surface area contributed by atoms with Gasteiger partial charge < -0.3 is 15.1 Å². The zero-order valence-corrected chi connectivity index (χ0v) is 13.0. The molecule has 0 aliphatic heterocycles. The van der Waals surface area contributed by atoms with E-state index in [4.69, 9.17) is 21.8 Å². The van der Waals surface area contributed by atoms with Gasteiger partial charge in [0.15, 0.2) is 5.01 Å². The molecule has 0 amide bonds. The molecule has 0 aliphatic rings. The Hall–Kier alpha value is -2.71. The van der Waals surface area contributed by atoms with Gasteiger partial charge in [0, 0.05) is 27.5 Å². The second kappa shape index (κ2) is 5.18. The topological polar surface area (TPSA) is 111 Å².